The lowest BCUT2D eigenvalue weighted by Gasteiger charge is -2.26. The van der Waals surface area contributed by atoms with E-state index in [2.05, 4.69) is 0 Å². The van der Waals surface area contributed by atoms with Crippen molar-refractivity contribution in [3.63, 3.8) is 0 Å². The van der Waals surface area contributed by atoms with Crippen LogP contribution in [0.25, 0.3) is 0 Å². The first kappa shape index (κ1) is 22.5. The Hall–Kier alpha value is -3.15. The van der Waals surface area contributed by atoms with Crippen LogP contribution in [0.2, 0.25) is 0 Å². The first-order chi connectivity index (χ1) is 14.6. The number of rotatable bonds is 5. The summed E-state index contributed by atoms with van der Waals surface area (Å²) >= 11 is 0. The van der Waals surface area contributed by atoms with Gasteiger partial charge in [-0.2, -0.15) is 0 Å². The van der Waals surface area contributed by atoms with E-state index in [0.717, 1.165) is 21.6 Å². The first-order valence-electron chi connectivity index (χ1n) is 10.5. The van der Waals surface area contributed by atoms with Crippen molar-refractivity contribution in [2.75, 3.05) is 0 Å². The third-order valence-corrected chi connectivity index (χ3v) is 5.06. The van der Waals surface area contributed by atoms with E-state index in [0.29, 0.717) is 6.42 Å². The minimum Gasteiger partial charge on any atom is -0.459 e. The SMILES string of the molecule is Cc1cccc(C[C@H]2C[C@H](C(=O)OCc3ccccc3)N(C(=O)OC(C)(C)C)C2=O)c1. The summed E-state index contributed by atoms with van der Waals surface area (Å²) in [5.74, 6) is -1.50. The molecule has 0 unspecified atom stereocenters. The van der Waals surface area contributed by atoms with E-state index < -0.39 is 35.5 Å². The topological polar surface area (TPSA) is 72.9 Å². The Morgan fingerprint density at radius 2 is 1.71 bits per heavy atom. The highest BCUT2D eigenvalue weighted by Gasteiger charge is 2.48. The zero-order valence-electron chi connectivity index (χ0n) is 18.5. The molecule has 2 atom stereocenters. The summed E-state index contributed by atoms with van der Waals surface area (Å²) in [5.41, 5.74) is 2.12. The average Bonchev–Trinajstić information content (AvgIpc) is 3.02. The minimum atomic E-state index is -0.999. The molecule has 0 N–H and O–H groups in total. The van der Waals surface area contributed by atoms with Crippen LogP contribution in [0.5, 0.6) is 0 Å². The molecule has 0 aliphatic carbocycles. The zero-order chi connectivity index (χ0) is 22.6. The molecule has 2 aromatic carbocycles. The van der Waals surface area contributed by atoms with Gasteiger partial charge in [-0.1, -0.05) is 60.2 Å². The van der Waals surface area contributed by atoms with Crippen molar-refractivity contribution in [1.29, 1.82) is 0 Å². The van der Waals surface area contributed by atoms with Crippen LogP contribution < -0.4 is 0 Å². The van der Waals surface area contributed by atoms with Crippen molar-refractivity contribution in [1.82, 2.24) is 4.90 Å². The van der Waals surface area contributed by atoms with E-state index in [1.165, 1.54) is 0 Å². The van der Waals surface area contributed by atoms with Gasteiger partial charge in [0.2, 0.25) is 5.91 Å². The van der Waals surface area contributed by atoms with Crippen molar-refractivity contribution in [3.8, 4) is 0 Å². The molecule has 1 fully saturated rings. The van der Waals surface area contributed by atoms with Crippen molar-refractivity contribution in [2.45, 2.75) is 58.8 Å². The van der Waals surface area contributed by atoms with Crippen LogP contribution in [-0.4, -0.2) is 34.5 Å². The molecular formula is C25H29NO5. The van der Waals surface area contributed by atoms with Crippen LogP contribution in [0.15, 0.2) is 54.6 Å². The van der Waals surface area contributed by atoms with Crippen LogP contribution in [0, 0.1) is 12.8 Å². The largest absolute Gasteiger partial charge is 0.459 e. The molecule has 1 aliphatic heterocycles. The molecule has 164 valence electrons. The summed E-state index contributed by atoms with van der Waals surface area (Å²) in [6.07, 6.45) is -0.159. The molecule has 0 bridgehead atoms. The standard InChI is InChI=1S/C25H29NO5/c1-17-9-8-12-19(13-17)14-20-15-21(23(28)30-16-18-10-6-5-7-11-18)26(22(20)27)24(29)31-25(2,3)4/h5-13,20-21H,14-16H2,1-4H3/t20-,21+/m0/s1. The smallest absolute Gasteiger partial charge is 0.417 e. The maximum absolute atomic E-state index is 13.1. The van der Waals surface area contributed by atoms with E-state index in [-0.39, 0.29) is 13.0 Å². The highest BCUT2D eigenvalue weighted by atomic mass is 16.6. The Kier molecular flexibility index (Phi) is 6.78. The number of amides is 2. The second-order valence-electron chi connectivity index (χ2n) is 8.92. The second kappa shape index (κ2) is 9.33. The van der Waals surface area contributed by atoms with Gasteiger partial charge >= 0.3 is 12.1 Å². The summed E-state index contributed by atoms with van der Waals surface area (Å²) in [5, 5.41) is 0. The molecule has 1 saturated heterocycles. The number of carbonyl (C=O) groups is 3. The number of esters is 1. The molecule has 1 aliphatic rings. The molecule has 0 aromatic heterocycles. The van der Waals surface area contributed by atoms with Gasteiger partial charge in [-0.25, -0.2) is 14.5 Å². The van der Waals surface area contributed by atoms with E-state index in [1.54, 1.807) is 20.8 Å². The summed E-state index contributed by atoms with van der Waals surface area (Å²) < 4.78 is 10.9. The molecule has 0 spiro atoms. The highest BCUT2D eigenvalue weighted by Crippen LogP contribution is 2.30. The van der Waals surface area contributed by atoms with Crippen LogP contribution in [-0.2, 0) is 32.1 Å². The number of hydrogen-bond donors (Lipinski definition) is 0. The number of imide groups is 1. The van der Waals surface area contributed by atoms with Crippen molar-refractivity contribution in [3.05, 3.63) is 71.3 Å². The lowest BCUT2D eigenvalue weighted by atomic mass is 9.95. The fourth-order valence-corrected chi connectivity index (χ4v) is 3.68. The predicted octanol–water partition coefficient (Wildman–Crippen LogP) is 4.43. The van der Waals surface area contributed by atoms with Crippen molar-refractivity contribution in [2.24, 2.45) is 5.92 Å². The lowest BCUT2D eigenvalue weighted by Crippen LogP contribution is -2.46. The molecule has 1 heterocycles. The highest BCUT2D eigenvalue weighted by molar-refractivity contribution is 6.00. The van der Waals surface area contributed by atoms with Gasteiger partial charge in [-0.3, -0.25) is 4.79 Å². The summed E-state index contributed by atoms with van der Waals surface area (Å²) in [6, 6.07) is 16.1. The summed E-state index contributed by atoms with van der Waals surface area (Å²) in [7, 11) is 0. The van der Waals surface area contributed by atoms with Gasteiger partial charge in [-0.15, -0.1) is 0 Å². The van der Waals surface area contributed by atoms with Gasteiger partial charge in [0.05, 0.1) is 0 Å². The molecular weight excluding hydrogens is 394 g/mol. The van der Waals surface area contributed by atoms with E-state index >= 15 is 0 Å². The third-order valence-electron chi connectivity index (χ3n) is 5.06. The summed E-state index contributed by atoms with van der Waals surface area (Å²) in [4.78, 5) is 39.7. The molecule has 6 nitrogen and oxygen atoms in total. The van der Waals surface area contributed by atoms with E-state index in [9.17, 15) is 14.4 Å². The van der Waals surface area contributed by atoms with Gasteiger partial charge in [0.1, 0.15) is 18.2 Å². The Bertz CT molecular complexity index is 948. The normalized spacial score (nSPS) is 18.7. The minimum absolute atomic E-state index is 0.0784. The van der Waals surface area contributed by atoms with Crippen LogP contribution >= 0.6 is 0 Å². The molecule has 2 aromatic rings. The molecule has 0 saturated carbocycles. The van der Waals surface area contributed by atoms with Gasteiger partial charge in [-0.05, 0) is 51.7 Å². The Morgan fingerprint density at radius 1 is 1.03 bits per heavy atom. The molecule has 31 heavy (non-hydrogen) atoms. The number of ether oxygens (including phenoxy) is 2. The lowest BCUT2D eigenvalue weighted by molar-refractivity contribution is -0.152. The van der Waals surface area contributed by atoms with Crippen molar-refractivity contribution >= 4 is 18.0 Å². The quantitative estimate of drug-likeness (QED) is 0.665. The Balaban J connectivity index is 1.78. The number of aryl methyl sites for hydroxylation is 1. The average molecular weight is 424 g/mol. The third kappa shape index (κ3) is 5.94. The molecule has 6 heteroatoms. The van der Waals surface area contributed by atoms with Crippen LogP contribution in [0.1, 0.15) is 43.9 Å². The number of benzene rings is 2. The van der Waals surface area contributed by atoms with E-state index in [4.69, 9.17) is 9.47 Å². The zero-order valence-corrected chi connectivity index (χ0v) is 18.5. The number of carbonyl (C=O) groups excluding carboxylic acids is 3. The van der Waals surface area contributed by atoms with Gasteiger partial charge in [0.25, 0.3) is 0 Å². The molecule has 3 rings (SSSR count). The van der Waals surface area contributed by atoms with Crippen LogP contribution in [0.4, 0.5) is 4.79 Å². The van der Waals surface area contributed by atoms with Crippen LogP contribution in [0.3, 0.4) is 0 Å². The predicted molar refractivity (Wildman–Crippen MR) is 116 cm³/mol. The Labute approximate surface area is 183 Å². The maximum atomic E-state index is 13.1. The van der Waals surface area contributed by atoms with Gasteiger partial charge < -0.3 is 9.47 Å². The molecule has 2 amide bonds. The maximum Gasteiger partial charge on any atom is 0.417 e. The first-order valence-corrected chi connectivity index (χ1v) is 10.5. The fourth-order valence-electron chi connectivity index (χ4n) is 3.68. The number of likely N-dealkylation sites (tertiary alicyclic amines) is 1. The van der Waals surface area contributed by atoms with Gasteiger partial charge in [0, 0.05) is 5.92 Å². The number of hydrogen-bond acceptors (Lipinski definition) is 5. The van der Waals surface area contributed by atoms with E-state index in [1.807, 2.05) is 61.5 Å². The van der Waals surface area contributed by atoms with Crippen molar-refractivity contribution < 1.29 is 23.9 Å². The summed E-state index contributed by atoms with van der Waals surface area (Å²) in [6.45, 7) is 7.22. The monoisotopic (exact) mass is 423 g/mol. The second-order valence-corrected chi connectivity index (χ2v) is 8.92. The molecule has 0 radical (unpaired) electrons. The number of nitrogens with zero attached hydrogens (tertiary/aromatic N) is 1. The van der Waals surface area contributed by atoms with Gasteiger partial charge in [0.15, 0.2) is 0 Å². The fraction of sp³-hybridized carbons (Fsp3) is 0.400. The Morgan fingerprint density at radius 3 is 2.35 bits per heavy atom.